The Morgan fingerprint density at radius 1 is 1.40 bits per heavy atom. The summed E-state index contributed by atoms with van der Waals surface area (Å²) < 4.78 is 37.3. The molecule has 1 N–H and O–H groups in total. The number of nitrogens with one attached hydrogen (secondary N) is 1. The van der Waals surface area contributed by atoms with Gasteiger partial charge >= 0.3 is 6.18 Å². The Bertz CT molecular complexity index is 483. The largest absolute Gasteiger partial charge is 0.396 e. The summed E-state index contributed by atoms with van der Waals surface area (Å²) in [5.41, 5.74) is 1.72. The monoisotopic (exact) mass is 287 g/mol. The molecule has 1 aliphatic carbocycles. The Morgan fingerprint density at radius 2 is 2.10 bits per heavy atom. The topological polar surface area (TPSA) is 37.8 Å². The summed E-state index contributed by atoms with van der Waals surface area (Å²) in [5, 5.41) is 3.36. The van der Waals surface area contributed by atoms with Gasteiger partial charge in [-0.1, -0.05) is 20.8 Å². The number of rotatable bonds is 3. The van der Waals surface area contributed by atoms with Crippen LogP contribution in [0.15, 0.2) is 6.20 Å². The maximum atomic E-state index is 12.4. The molecular weight excluding hydrogens is 267 g/mol. The fraction of sp³-hybridized carbons (Fsp3) is 0.714. The highest BCUT2D eigenvalue weighted by Crippen LogP contribution is 2.39. The summed E-state index contributed by atoms with van der Waals surface area (Å²) in [7, 11) is 0. The molecule has 0 aliphatic heterocycles. The summed E-state index contributed by atoms with van der Waals surface area (Å²) in [6.07, 6.45) is -2.13. The second kappa shape index (κ2) is 5.31. The molecule has 0 aromatic carbocycles. The molecule has 0 bridgehead atoms. The van der Waals surface area contributed by atoms with Crippen molar-refractivity contribution in [1.82, 2.24) is 15.3 Å². The lowest BCUT2D eigenvalue weighted by molar-refractivity contribution is -0.128. The van der Waals surface area contributed by atoms with Crippen LogP contribution in [0.4, 0.5) is 13.2 Å². The first kappa shape index (κ1) is 15.2. The minimum atomic E-state index is -4.26. The molecular formula is C14H20F3N3. The van der Waals surface area contributed by atoms with Gasteiger partial charge in [-0.3, -0.25) is 0 Å². The zero-order valence-corrected chi connectivity index (χ0v) is 12.0. The summed E-state index contributed by atoms with van der Waals surface area (Å²) in [6, 6.07) is 0.124. The Morgan fingerprint density at radius 3 is 2.70 bits per heavy atom. The van der Waals surface area contributed by atoms with Gasteiger partial charge in [-0.15, -0.1) is 0 Å². The van der Waals surface area contributed by atoms with E-state index in [9.17, 15) is 13.2 Å². The Labute approximate surface area is 117 Å². The lowest BCUT2D eigenvalue weighted by Crippen LogP contribution is -2.34. The van der Waals surface area contributed by atoms with E-state index in [-0.39, 0.29) is 17.3 Å². The first-order valence-corrected chi connectivity index (χ1v) is 6.85. The van der Waals surface area contributed by atoms with Gasteiger partial charge in [-0.25, -0.2) is 9.97 Å². The van der Waals surface area contributed by atoms with Crippen LogP contribution in [0.1, 0.15) is 50.3 Å². The van der Waals surface area contributed by atoms with Gasteiger partial charge in [0.1, 0.15) is 12.2 Å². The summed E-state index contributed by atoms with van der Waals surface area (Å²) in [6.45, 7) is 7.06. The van der Waals surface area contributed by atoms with Crippen molar-refractivity contribution < 1.29 is 13.2 Å². The number of fused-ring (bicyclic) bond motifs is 1. The van der Waals surface area contributed by atoms with Crippen LogP contribution in [0.5, 0.6) is 0 Å². The minimum Gasteiger partial charge on any atom is -0.310 e. The van der Waals surface area contributed by atoms with E-state index in [0.29, 0.717) is 6.42 Å². The SMILES string of the molecule is CCNC1CC(C)(C)Cc2nc(CC(F)(F)F)ncc21. The molecule has 1 aliphatic rings. The number of hydrogen-bond donors (Lipinski definition) is 1. The maximum absolute atomic E-state index is 12.4. The van der Waals surface area contributed by atoms with Crippen LogP contribution in [-0.4, -0.2) is 22.7 Å². The average Bonchev–Trinajstić information content (AvgIpc) is 2.24. The van der Waals surface area contributed by atoms with Gasteiger partial charge in [0, 0.05) is 23.5 Å². The third-order valence-electron chi connectivity index (χ3n) is 3.54. The van der Waals surface area contributed by atoms with Gasteiger partial charge in [0.2, 0.25) is 0 Å². The number of halogens is 3. The van der Waals surface area contributed by atoms with Crippen LogP contribution in [-0.2, 0) is 12.8 Å². The molecule has 1 unspecified atom stereocenters. The van der Waals surface area contributed by atoms with Crippen molar-refractivity contribution in [2.45, 2.75) is 52.3 Å². The number of nitrogens with zero attached hydrogens (tertiary/aromatic N) is 2. The Hall–Kier alpha value is -1.17. The van der Waals surface area contributed by atoms with E-state index in [1.165, 1.54) is 0 Å². The zero-order chi connectivity index (χ0) is 15.0. The third-order valence-corrected chi connectivity index (χ3v) is 3.54. The second-order valence-corrected chi connectivity index (χ2v) is 6.14. The van der Waals surface area contributed by atoms with Crippen molar-refractivity contribution in [3.8, 4) is 0 Å². The quantitative estimate of drug-likeness (QED) is 0.927. The molecule has 3 nitrogen and oxygen atoms in total. The highest BCUT2D eigenvalue weighted by Gasteiger charge is 2.35. The van der Waals surface area contributed by atoms with Crippen molar-refractivity contribution >= 4 is 0 Å². The summed E-state index contributed by atoms with van der Waals surface area (Å²) >= 11 is 0. The highest BCUT2D eigenvalue weighted by atomic mass is 19.4. The lowest BCUT2D eigenvalue weighted by Gasteiger charge is -2.36. The predicted octanol–water partition coefficient (Wildman–Crippen LogP) is 3.20. The van der Waals surface area contributed by atoms with Crippen LogP contribution in [0, 0.1) is 5.41 Å². The molecule has 112 valence electrons. The molecule has 1 aromatic heterocycles. The maximum Gasteiger partial charge on any atom is 0.396 e. The molecule has 1 aromatic rings. The molecule has 6 heteroatoms. The van der Waals surface area contributed by atoms with E-state index < -0.39 is 12.6 Å². The van der Waals surface area contributed by atoms with Crippen LogP contribution in [0.2, 0.25) is 0 Å². The van der Waals surface area contributed by atoms with Crippen LogP contribution >= 0.6 is 0 Å². The van der Waals surface area contributed by atoms with Crippen LogP contribution in [0.25, 0.3) is 0 Å². The molecule has 1 heterocycles. The second-order valence-electron chi connectivity index (χ2n) is 6.14. The first-order valence-electron chi connectivity index (χ1n) is 6.85. The number of hydrogen-bond acceptors (Lipinski definition) is 3. The fourth-order valence-electron chi connectivity index (χ4n) is 2.78. The van der Waals surface area contributed by atoms with Crippen LogP contribution < -0.4 is 5.32 Å². The molecule has 0 saturated heterocycles. The standard InChI is InChI=1S/C14H20F3N3/c1-4-18-10-5-13(2,3)6-11-9(10)8-19-12(20-11)7-14(15,16)17/h8,10,18H,4-7H2,1-3H3. The molecule has 2 rings (SSSR count). The molecule has 0 fully saturated rings. The molecule has 0 radical (unpaired) electrons. The number of alkyl halides is 3. The molecule has 1 atom stereocenters. The molecule has 0 saturated carbocycles. The van der Waals surface area contributed by atoms with Gasteiger partial charge in [-0.05, 0) is 24.8 Å². The predicted molar refractivity (Wildman–Crippen MR) is 70.3 cm³/mol. The minimum absolute atomic E-state index is 0.0314. The zero-order valence-electron chi connectivity index (χ0n) is 12.0. The van der Waals surface area contributed by atoms with Crippen molar-refractivity contribution in [1.29, 1.82) is 0 Å². The normalized spacial score (nSPS) is 21.6. The molecule has 0 spiro atoms. The molecule has 0 amide bonds. The fourth-order valence-corrected chi connectivity index (χ4v) is 2.78. The van der Waals surface area contributed by atoms with E-state index in [1.807, 2.05) is 6.92 Å². The smallest absolute Gasteiger partial charge is 0.310 e. The first-order chi connectivity index (χ1) is 9.20. The van der Waals surface area contributed by atoms with Crippen molar-refractivity contribution in [2.75, 3.05) is 6.54 Å². The van der Waals surface area contributed by atoms with Gasteiger partial charge in [-0.2, -0.15) is 13.2 Å². The highest BCUT2D eigenvalue weighted by molar-refractivity contribution is 5.26. The van der Waals surface area contributed by atoms with E-state index >= 15 is 0 Å². The van der Waals surface area contributed by atoms with E-state index in [1.54, 1.807) is 6.20 Å². The average molecular weight is 287 g/mol. The van der Waals surface area contributed by atoms with Gasteiger partial charge in [0.05, 0.1) is 0 Å². The van der Waals surface area contributed by atoms with Gasteiger partial charge < -0.3 is 5.32 Å². The lowest BCUT2D eigenvalue weighted by atomic mass is 9.74. The third kappa shape index (κ3) is 3.69. The van der Waals surface area contributed by atoms with E-state index in [0.717, 1.165) is 24.2 Å². The van der Waals surface area contributed by atoms with E-state index in [2.05, 4.69) is 29.1 Å². The van der Waals surface area contributed by atoms with Crippen LogP contribution in [0.3, 0.4) is 0 Å². The molecule has 20 heavy (non-hydrogen) atoms. The summed E-state index contributed by atoms with van der Waals surface area (Å²) in [4.78, 5) is 8.04. The van der Waals surface area contributed by atoms with Crippen molar-refractivity contribution in [3.63, 3.8) is 0 Å². The van der Waals surface area contributed by atoms with E-state index in [4.69, 9.17) is 0 Å². The van der Waals surface area contributed by atoms with Crippen molar-refractivity contribution in [2.24, 2.45) is 5.41 Å². The Balaban J connectivity index is 2.32. The Kier molecular flexibility index (Phi) is 4.04. The van der Waals surface area contributed by atoms with Gasteiger partial charge in [0.15, 0.2) is 0 Å². The van der Waals surface area contributed by atoms with Crippen molar-refractivity contribution in [3.05, 3.63) is 23.3 Å². The number of aromatic nitrogens is 2. The summed E-state index contributed by atoms with van der Waals surface area (Å²) in [5.74, 6) is -0.135. The van der Waals surface area contributed by atoms with Gasteiger partial charge in [0.25, 0.3) is 0 Å².